The first-order valence-corrected chi connectivity index (χ1v) is 11.1. The van der Waals surface area contributed by atoms with E-state index in [0.717, 1.165) is 5.56 Å². The predicted molar refractivity (Wildman–Crippen MR) is 129 cm³/mol. The van der Waals surface area contributed by atoms with Gasteiger partial charge in [0.25, 0.3) is 16.8 Å². The highest BCUT2D eigenvalue weighted by molar-refractivity contribution is 5.81. The number of nitrogens with zero attached hydrogens (tertiary/aromatic N) is 2. The van der Waals surface area contributed by atoms with Crippen LogP contribution in [-0.4, -0.2) is 55.0 Å². The summed E-state index contributed by atoms with van der Waals surface area (Å²) in [5, 5.41) is 5.65. The largest absolute Gasteiger partial charge is 0.482 e. The summed E-state index contributed by atoms with van der Waals surface area (Å²) < 4.78 is 18.9. The van der Waals surface area contributed by atoms with Gasteiger partial charge in [-0.2, -0.15) is 0 Å². The van der Waals surface area contributed by atoms with E-state index in [1.165, 1.54) is 12.1 Å². The highest BCUT2D eigenvalue weighted by atomic mass is 19.1. The molecule has 3 aromatic carbocycles. The number of para-hydroxylation sites is 2. The zero-order chi connectivity index (χ0) is 24.2. The van der Waals surface area contributed by atoms with Crippen LogP contribution in [0.15, 0.2) is 58.1 Å². The number of carbonyl (C=O) groups is 1. The molecular weight excluding hydrogens is 439 g/mol. The molecule has 0 saturated carbocycles. The molecule has 178 valence electrons. The van der Waals surface area contributed by atoms with Gasteiger partial charge < -0.3 is 20.3 Å². The van der Waals surface area contributed by atoms with E-state index in [4.69, 9.17) is 4.74 Å². The van der Waals surface area contributed by atoms with Crippen LogP contribution < -0.4 is 26.2 Å². The first-order valence-electron chi connectivity index (χ1n) is 11.1. The van der Waals surface area contributed by atoms with Gasteiger partial charge in [0.2, 0.25) is 0 Å². The normalized spacial score (nSPS) is 16.4. The van der Waals surface area contributed by atoms with Crippen LogP contribution >= 0.6 is 0 Å². The molecule has 1 aliphatic rings. The molecule has 1 saturated heterocycles. The average molecular weight is 467 g/mol. The van der Waals surface area contributed by atoms with Gasteiger partial charge in [0.15, 0.2) is 6.61 Å². The van der Waals surface area contributed by atoms with E-state index in [0.29, 0.717) is 37.6 Å². The Bertz CT molecular complexity index is 1240. The number of hydrogen-bond donors (Lipinski definition) is 2. The molecule has 3 aromatic rings. The van der Waals surface area contributed by atoms with Gasteiger partial charge >= 0.3 is 0 Å². The summed E-state index contributed by atoms with van der Waals surface area (Å²) in [6.07, 6.45) is 0. The monoisotopic (exact) mass is 466 g/mol. The molecule has 0 radical (unpaired) electrons. The molecule has 1 amide bonds. The summed E-state index contributed by atoms with van der Waals surface area (Å²) in [5.41, 5.74) is 0.776. The van der Waals surface area contributed by atoms with Gasteiger partial charge in [-0.25, -0.2) is 4.39 Å². The molecule has 0 aliphatic carbocycles. The molecule has 1 fully saturated rings. The fraction of sp³-hybridized carbons (Fsp3) is 0.320. The lowest BCUT2D eigenvalue weighted by Gasteiger charge is -2.39. The number of halogens is 1. The van der Waals surface area contributed by atoms with Gasteiger partial charge in [-0.05, 0) is 36.8 Å². The summed E-state index contributed by atoms with van der Waals surface area (Å²) in [5.74, 6) is 0.0265. The Morgan fingerprint density at radius 2 is 1.76 bits per heavy atom. The third kappa shape index (κ3) is 4.94. The van der Waals surface area contributed by atoms with Crippen molar-refractivity contribution in [2.45, 2.75) is 19.5 Å². The quantitative estimate of drug-likeness (QED) is 0.493. The number of amides is 1. The SMILES string of the molecule is CNc1c(Nc2ccccc2OCC(=O)N2CCN(Cc3ccc(F)cc3)C[C@H]2C)c(=O)c1=O. The van der Waals surface area contributed by atoms with E-state index in [1.807, 2.05) is 6.92 Å². The van der Waals surface area contributed by atoms with Crippen LogP contribution in [0.25, 0.3) is 0 Å². The van der Waals surface area contributed by atoms with E-state index in [-0.39, 0.29) is 35.7 Å². The molecule has 34 heavy (non-hydrogen) atoms. The van der Waals surface area contributed by atoms with E-state index in [9.17, 15) is 18.8 Å². The second-order valence-electron chi connectivity index (χ2n) is 8.37. The molecule has 1 atom stereocenters. The zero-order valence-electron chi connectivity index (χ0n) is 19.1. The molecule has 2 N–H and O–H groups in total. The van der Waals surface area contributed by atoms with Gasteiger partial charge in [-0.15, -0.1) is 0 Å². The highest BCUT2D eigenvalue weighted by Gasteiger charge is 2.28. The van der Waals surface area contributed by atoms with Crippen molar-refractivity contribution in [1.29, 1.82) is 0 Å². The Morgan fingerprint density at radius 1 is 1.06 bits per heavy atom. The highest BCUT2D eigenvalue weighted by Crippen LogP contribution is 2.29. The lowest BCUT2D eigenvalue weighted by molar-refractivity contribution is -0.137. The Hall–Kier alpha value is -3.72. The van der Waals surface area contributed by atoms with Crippen molar-refractivity contribution in [1.82, 2.24) is 9.80 Å². The Morgan fingerprint density at radius 3 is 2.47 bits per heavy atom. The maximum absolute atomic E-state index is 13.1. The lowest BCUT2D eigenvalue weighted by Crippen LogP contribution is -2.54. The number of carbonyl (C=O) groups excluding carboxylic acids is 1. The number of anilines is 3. The molecule has 0 unspecified atom stereocenters. The first-order chi connectivity index (χ1) is 16.4. The summed E-state index contributed by atoms with van der Waals surface area (Å²) in [6.45, 7) is 4.54. The molecule has 9 heteroatoms. The van der Waals surface area contributed by atoms with E-state index in [1.54, 1.807) is 48.3 Å². The number of ether oxygens (including phenoxy) is 1. The van der Waals surface area contributed by atoms with Crippen LogP contribution in [-0.2, 0) is 11.3 Å². The molecule has 0 aromatic heterocycles. The average Bonchev–Trinajstić information content (AvgIpc) is 2.84. The number of nitrogens with one attached hydrogen (secondary N) is 2. The minimum Gasteiger partial charge on any atom is -0.482 e. The van der Waals surface area contributed by atoms with Crippen molar-refractivity contribution < 1.29 is 13.9 Å². The van der Waals surface area contributed by atoms with E-state index >= 15 is 0 Å². The number of rotatable bonds is 8. The van der Waals surface area contributed by atoms with Crippen LogP contribution in [0.3, 0.4) is 0 Å². The second kappa shape index (κ2) is 10.0. The maximum Gasteiger partial charge on any atom is 0.260 e. The third-order valence-electron chi connectivity index (χ3n) is 6.01. The minimum atomic E-state index is -0.595. The molecule has 0 bridgehead atoms. The smallest absolute Gasteiger partial charge is 0.260 e. The van der Waals surface area contributed by atoms with E-state index in [2.05, 4.69) is 15.5 Å². The van der Waals surface area contributed by atoms with Crippen LogP contribution in [0, 0.1) is 5.82 Å². The summed E-state index contributed by atoms with van der Waals surface area (Å²) in [7, 11) is 1.57. The van der Waals surface area contributed by atoms with Crippen molar-refractivity contribution in [2.24, 2.45) is 0 Å². The summed E-state index contributed by atoms with van der Waals surface area (Å²) >= 11 is 0. The van der Waals surface area contributed by atoms with Gasteiger partial charge in [-0.1, -0.05) is 24.3 Å². The van der Waals surface area contributed by atoms with Gasteiger partial charge in [0.05, 0.1) is 5.69 Å². The lowest BCUT2D eigenvalue weighted by atomic mass is 10.1. The topological polar surface area (TPSA) is 91.0 Å². The maximum atomic E-state index is 13.1. The number of hydrogen-bond acceptors (Lipinski definition) is 7. The molecule has 0 spiro atoms. The number of benzene rings is 2. The molecular formula is C25H27FN4O4. The minimum absolute atomic E-state index is 0.000574. The van der Waals surface area contributed by atoms with Crippen molar-refractivity contribution in [3.8, 4) is 5.75 Å². The van der Waals surface area contributed by atoms with Crippen molar-refractivity contribution in [2.75, 3.05) is 43.9 Å². The first kappa shape index (κ1) is 23.4. The standard InChI is InChI=1S/C25H27FN4O4/c1-16-13-29(14-17-7-9-18(26)10-8-17)11-12-30(16)21(31)15-34-20-6-4-3-5-19(20)28-23-22(27-2)24(32)25(23)33/h3-10,16,27-28H,11-15H2,1-2H3/t16-/m1/s1. The Kier molecular flexibility index (Phi) is 6.93. The Labute approximate surface area is 196 Å². The molecule has 4 rings (SSSR count). The summed E-state index contributed by atoms with van der Waals surface area (Å²) in [4.78, 5) is 40.4. The molecule has 1 aliphatic heterocycles. The number of piperazine rings is 1. The van der Waals surface area contributed by atoms with Crippen LogP contribution in [0.2, 0.25) is 0 Å². The fourth-order valence-electron chi connectivity index (χ4n) is 4.20. The zero-order valence-corrected chi connectivity index (χ0v) is 19.1. The van der Waals surface area contributed by atoms with Crippen LogP contribution in [0.5, 0.6) is 5.75 Å². The second-order valence-corrected chi connectivity index (χ2v) is 8.37. The fourth-order valence-corrected chi connectivity index (χ4v) is 4.20. The third-order valence-corrected chi connectivity index (χ3v) is 6.01. The van der Waals surface area contributed by atoms with Crippen LogP contribution in [0.1, 0.15) is 12.5 Å². The van der Waals surface area contributed by atoms with Crippen LogP contribution in [0.4, 0.5) is 21.5 Å². The molecule has 8 nitrogen and oxygen atoms in total. The Balaban J connectivity index is 1.33. The van der Waals surface area contributed by atoms with E-state index < -0.39 is 10.9 Å². The van der Waals surface area contributed by atoms with Crippen molar-refractivity contribution in [3.05, 3.63) is 80.4 Å². The van der Waals surface area contributed by atoms with Gasteiger partial charge in [-0.3, -0.25) is 19.3 Å². The van der Waals surface area contributed by atoms with Gasteiger partial charge in [0, 0.05) is 39.3 Å². The predicted octanol–water partition coefficient (Wildman–Crippen LogP) is 2.32. The molecule has 1 heterocycles. The summed E-state index contributed by atoms with van der Waals surface area (Å²) in [6, 6.07) is 13.4. The van der Waals surface area contributed by atoms with Gasteiger partial charge in [0.1, 0.15) is 22.9 Å². The van der Waals surface area contributed by atoms with Crippen molar-refractivity contribution >= 4 is 23.0 Å². The van der Waals surface area contributed by atoms with Crippen molar-refractivity contribution in [3.63, 3.8) is 0 Å².